The molecule has 0 spiro atoms. The predicted molar refractivity (Wildman–Crippen MR) is 73.7 cm³/mol. The van der Waals surface area contributed by atoms with Crippen LogP contribution in [0.5, 0.6) is 0 Å². The van der Waals surface area contributed by atoms with E-state index in [0.717, 1.165) is 5.56 Å². The highest BCUT2D eigenvalue weighted by Gasteiger charge is 2.12. The third-order valence-electron chi connectivity index (χ3n) is 2.67. The molecular formula is C14H20N2O2. The molecule has 1 unspecified atom stereocenters. The first-order chi connectivity index (χ1) is 8.52. The number of amides is 1. The van der Waals surface area contributed by atoms with Gasteiger partial charge >= 0.3 is 0 Å². The van der Waals surface area contributed by atoms with Crippen molar-refractivity contribution in [1.82, 2.24) is 5.32 Å². The summed E-state index contributed by atoms with van der Waals surface area (Å²) in [6, 6.07) is 7.06. The van der Waals surface area contributed by atoms with Gasteiger partial charge in [0.05, 0.1) is 12.6 Å². The van der Waals surface area contributed by atoms with Crippen molar-refractivity contribution in [1.29, 1.82) is 0 Å². The lowest BCUT2D eigenvalue weighted by Gasteiger charge is -2.18. The molecule has 0 aliphatic rings. The fourth-order valence-electron chi connectivity index (χ4n) is 1.49. The Hall–Kier alpha value is -1.81. The predicted octanol–water partition coefficient (Wildman–Crippen LogP) is 1.42. The summed E-state index contributed by atoms with van der Waals surface area (Å²) in [5, 5.41) is 11.9. The molecule has 18 heavy (non-hydrogen) atoms. The molecule has 0 radical (unpaired) electrons. The van der Waals surface area contributed by atoms with Crippen LogP contribution < -0.4 is 11.1 Å². The van der Waals surface area contributed by atoms with Crippen molar-refractivity contribution in [2.75, 3.05) is 12.3 Å². The van der Waals surface area contributed by atoms with E-state index in [9.17, 15) is 4.79 Å². The van der Waals surface area contributed by atoms with Gasteiger partial charge in [-0.25, -0.2) is 0 Å². The van der Waals surface area contributed by atoms with Gasteiger partial charge in [0.15, 0.2) is 0 Å². The van der Waals surface area contributed by atoms with Crippen molar-refractivity contribution in [2.24, 2.45) is 5.92 Å². The number of benzene rings is 1. The molecule has 1 aromatic rings. The van der Waals surface area contributed by atoms with Crippen LogP contribution in [0.1, 0.15) is 19.4 Å². The highest BCUT2D eigenvalue weighted by atomic mass is 16.3. The molecule has 1 aromatic carbocycles. The average Bonchev–Trinajstić information content (AvgIpc) is 2.33. The molecule has 0 aliphatic heterocycles. The zero-order valence-corrected chi connectivity index (χ0v) is 10.8. The van der Waals surface area contributed by atoms with Crippen molar-refractivity contribution in [2.45, 2.75) is 19.9 Å². The molecule has 0 fully saturated rings. The Bertz CT molecular complexity index is 428. The summed E-state index contributed by atoms with van der Waals surface area (Å²) in [6.07, 6.45) is 3.14. The zero-order chi connectivity index (χ0) is 13.5. The first kappa shape index (κ1) is 14.3. The van der Waals surface area contributed by atoms with Crippen LogP contribution in [-0.2, 0) is 4.79 Å². The maximum Gasteiger partial charge on any atom is 0.244 e. The fourth-order valence-corrected chi connectivity index (χ4v) is 1.49. The Morgan fingerprint density at radius 2 is 2.22 bits per heavy atom. The minimum absolute atomic E-state index is 0.0600. The van der Waals surface area contributed by atoms with E-state index in [2.05, 4.69) is 5.32 Å². The zero-order valence-electron chi connectivity index (χ0n) is 10.8. The van der Waals surface area contributed by atoms with Gasteiger partial charge in [0.1, 0.15) is 0 Å². The van der Waals surface area contributed by atoms with Crippen LogP contribution in [0.25, 0.3) is 6.08 Å². The van der Waals surface area contributed by atoms with Gasteiger partial charge < -0.3 is 16.2 Å². The molecule has 0 heterocycles. The van der Waals surface area contributed by atoms with E-state index in [4.69, 9.17) is 10.8 Å². The lowest BCUT2D eigenvalue weighted by molar-refractivity contribution is -0.117. The molecule has 4 nitrogen and oxygen atoms in total. The van der Waals surface area contributed by atoms with Crippen molar-refractivity contribution in [3.8, 4) is 0 Å². The number of nitrogens with one attached hydrogen (secondary N) is 1. The molecule has 0 aromatic heterocycles. The smallest absolute Gasteiger partial charge is 0.244 e. The summed E-state index contributed by atoms with van der Waals surface area (Å²) in [4.78, 5) is 11.6. The number of aliphatic hydroxyl groups is 1. The molecule has 1 rings (SSSR count). The van der Waals surface area contributed by atoms with Crippen LogP contribution in [-0.4, -0.2) is 23.7 Å². The quantitative estimate of drug-likeness (QED) is 0.545. The number of hydrogen-bond donors (Lipinski definition) is 3. The summed E-state index contributed by atoms with van der Waals surface area (Å²) in [5.41, 5.74) is 7.17. The number of carbonyl (C=O) groups is 1. The van der Waals surface area contributed by atoms with Crippen LogP contribution in [0.2, 0.25) is 0 Å². The van der Waals surface area contributed by atoms with Gasteiger partial charge in [0.2, 0.25) is 5.91 Å². The lowest BCUT2D eigenvalue weighted by atomic mass is 10.1. The molecule has 1 amide bonds. The molecule has 4 N–H and O–H groups in total. The van der Waals surface area contributed by atoms with Crippen LogP contribution in [0.4, 0.5) is 5.69 Å². The molecule has 1 atom stereocenters. The van der Waals surface area contributed by atoms with Crippen LogP contribution >= 0.6 is 0 Å². The molecule has 0 saturated carbocycles. The lowest BCUT2D eigenvalue weighted by Crippen LogP contribution is -2.40. The summed E-state index contributed by atoms with van der Waals surface area (Å²) >= 11 is 0. The SMILES string of the molecule is CC(C)C(CO)NC(=O)/C=C/c1cccc(N)c1. The maximum absolute atomic E-state index is 11.6. The van der Waals surface area contributed by atoms with Crippen molar-refractivity contribution in [3.63, 3.8) is 0 Å². The van der Waals surface area contributed by atoms with Crippen molar-refractivity contribution in [3.05, 3.63) is 35.9 Å². The first-order valence-electron chi connectivity index (χ1n) is 5.98. The van der Waals surface area contributed by atoms with E-state index in [1.54, 1.807) is 18.2 Å². The number of hydrogen-bond acceptors (Lipinski definition) is 3. The van der Waals surface area contributed by atoms with Crippen LogP contribution in [0, 0.1) is 5.92 Å². The van der Waals surface area contributed by atoms with Gasteiger partial charge in [0, 0.05) is 11.8 Å². The number of carbonyl (C=O) groups excluding carboxylic acids is 1. The minimum atomic E-state index is -0.219. The molecular weight excluding hydrogens is 228 g/mol. The maximum atomic E-state index is 11.6. The summed E-state index contributed by atoms with van der Waals surface area (Å²) in [6.45, 7) is 3.83. The van der Waals surface area contributed by atoms with E-state index in [1.165, 1.54) is 6.08 Å². The number of nitrogens with two attached hydrogens (primary N) is 1. The van der Waals surface area contributed by atoms with Gasteiger partial charge in [-0.2, -0.15) is 0 Å². The second-order valence-corrected chi connectivity index (χ2v) is 4.55. The molecule has 0 bridgehead atoms. The Balaban J connectivity index is 2.59. The van der Waals surface area contributed by atoms with E-state index < -0.39 is 0 Å². The molecule has 0 aliphatic carbocycles. The number of rotatable bonds is 5. The third-order valence-corrected chi connectivity index (χ3v) is 2.67. The van der Waals surface area contributed by atoms with Crippen molar-refractivity contribution < 1.29 is 9.90 Å². The number of nitrogen functional groups attached to an aromatic ring is 1. The van der Waals surface area contributed by atoms with E-state index >= 15 is 0 Å². The van der Waals surface area contributed by atoms with Crippen molar-refractivity contribution >= 4 is 17.7 Å². The Labute approximate surface area is 108 Å². The second kappa shape index (κ2) is 6.81. The third kappa shape index (κ3) is 4.59. The molecule has 0 saturated heterocycles. The Kier molecular flexibility index (Phi) is 5.39. The topological polar surface area (TPSA) is 75.3 Å². The normalized spacial score (nSPS) is 12.9. The van der Waals surface area contributed by atoms with Crippen LogP contribution in [0.3, 0.4) is 0 Å². The monoisotopic (exact) mass is 248 g/mol. The van der Waals surface area contributed by atoms with E-state index in [-0.39, 0.29) is 24.5 Å². The van der Waals surface area contributed by atoms with Gasteiger partial charge in [-0.3, -0.25) is 4.79 Å². The first-order valence-corrected chi connectivity index (χ1v) is 5.98. The minimum Gasteiger partial charge on any atom is -0.399 e. The highest BCUT2D eigenvalue weighted by molar-refractivity contribution is 5.92. The Morgan fingerprint density at radius 1 is 1.50 bits per heavy atom. The standard InChI is InChI=1S/C14H20N2O2/c1-10(2)13(9-17)16-14(18)7-6-11-4-3-5-12(15)8-11/h3-8,10,13,17H,9,15H2,1-2H3,(H,16,18)/b7-6+. The van der Waals surface area contributed by atoms with Crippen LogP contribution in [0.15, 0.2) is 30.3 Å². The largest absolute Gasteiger partial charge is 0.399 e. The molecule has 4 heteroatoms. The second-order valence-electron chi connectivity index (χ2n) is 4.55. The van der Waals surface area contributed by atoms with Gasteiger partial charge in [-0.1, -0.05) is 26.0 Å². The summed E-state index contributed by atoms with van der Waals surface area (Å²) in [7, 11) is 0. The van der Waals surface area contributed by atoms with Gasteiger partial charge in [-0.15, -0.1) is 0 Å². The Morgan fingerprint density at radius 3 is 2.78 bits per heavy atom. The van der Waals surface area contributed by atoms with Gasteiger partial charge in [-0.05, 0) is 29.7 Å². The van der Waals surface area contributed by atoms with Gasteiger partial charge in [0.25, 0.3) is 0 Å². The summed E-state index contributed by atoms with van der Waals surface area (Å²) < 4.78 is 0. The highest BCUT2D eigenvalue weighted by Crippen LogP contribution is 2.08. The number of anilines is 1. The average molecular weight is 248 g/mol. The van der Waals surface area contributed by atoms with E-state index in [0.29, 0.717) is 5.69 Å². The number of aliphatic hydroxyl groups excluding tert-OH is 1. The van der Waals surface area contributed by atoms with E-state index in [1.807, 2.05) is 26.0 Å². The summed E-state index contributed by atoms with van der Waals surface area (Å²) in [5.74, 6) is -0.0232. The fraction of sp³-hybridized carbons (Fsp3) is 0.357. The molecule has 98 valence electrons.